The molecule has 0 saturated heterocycles. The maximum absolute atomic E-state index is 13.4. The third kappa shape index (κ3) is 2.25. The van der Waals surface area contributed by atoms with Crippen LogP contribution in [-0.2, 0) is 7.05 Å². The van der Waals surface area contributed by atoms with Crippen LogP contribution in [0.4, 0.5) is 10.1 Å². The number of benzene rings is 1. The van der Waals surface area contributed by atoms with Gasteiger partial charge in [0.15, 0.2) is 0 Å². The van der Waals surface area contributed by atoms with Crippen LogP contribution >= 0.6 is 0 Å². The van der Waals surface area contributed by atoms with Crippen molar-refractivity contribution in [2.45, 2.75) is 0 Å². The summed E-state index contributed by atoms with van der Waals surface area (Å²) in [6.07, 6.45) is 1.47. The minimum atomic E-state index is -0.694. The molecule has 0 aliphatic carbocycles. The normalized spacial score (nSPS) is 10.2. The van der Waals surface area contributed by atoms with Gasteiger partial charge in [-0.05, 0) is 18.2 Å². The molecule has 5 nitrogen and oxygen atoms in total. The van der Waals surface area contributed by atoms with E-state index in [1.807, 2.05) is 0 Å². The highest BCUT2D eigenvalue weighted by Crippen LogP contribution is 2.19. The summed E-state index contributed by atoms with van der Waals surface area (Å²) in [5, 5.41) is 15.3. The lowest BCUT2D eigenvalue weighted by Crippen LogP contribution is -2.16. The molecule has 0 bridgehead atoms. The number of rotatable bonds is 2. The summed E-state index contributed by atoms with van der Waals surface area (Å²) in [4.78, 5) is 11.7. The third-order valence-corrected chi connectivity index (χ3v) is 2.25. The maximum atomic E-state index is 13.4. The fourth-order valence-corrected chi connectivity index (χ4v) is 1.39. The van der Waals surface area contributed by atoms with Gasteiger partial charge >= 0.3 is 0 Å². The minimum absolute atomic E-state index is 0.00833. The minimum Gasteiger partial charge on any atom is -0.508 e. The van der Waals surface area contributed by atoms with Crippen molar-refractivity contribution in [3.63, 3.8) is 0 Å². The summed E-state index contributed by atoms with van der Waals surface area (Å²) >= 11 is 0. The lowest BCUT2D eigenvalue weighted by molar-refractivity contribution is 0.101. The first-order valence-corrected chi connectivity index (χ1v) is 4.86. The molecule has 0 aliphatic heterocycles. The van der Waals surface area contributed by atoms with Crippen LogP contribution in [0.1, 0.15) is 10.5 Å². The molecule has 17 heavy (non-hydrogen) atoms. The molecule has 2 rings (SSSR count). The number of amides is 1. The van der Waals surface area contributed by atoms with E-state index < -0.39 is 11.7 Å². The number of nitrogens with zero attached hydrogens (tertiary/aromatic N) is 2. The van der Waals surface area contributed by atoms with Crippen LogP contribution in [0.2, 0.25) is 0 Å². The molecule has 1 amide bonds. The van der Waals surface area contributed by atoms with Crippen molar-refractivity contribution in [1.82, 2.24) is 9.78 Å². The van der Waals surface area contributed by atoms with E-state index in [0.717, 1.165) is 6.07 Å². The Balaban J connectivity index is 2.22. The van der Waals surface area contributed by atoms with Gasteiger partial charge in [0.1, 0.15) is 17.3 Å². The molecule has 0 aliphatic rings. The maximum Gasteiger partial charge on any atom is 0.273 e. The molecule has 2 aromatic rings. The fourth-order valence-electron chi connectivity index (χ4n) is 1.39. The van der Waals surface area contributed by atoms with E-state index in [9.17, 15) is 9.18 Å². The Kier molecular flexibility index (Phi) is 2.78. The highest BCUT2D eigenvalue weighted by atomic mass is 19.1. The van der Waals surface area contributed by atoms with E-state index in [1.165, 1.54) is 29.1 Å². The zero-order valence-electron chi connectivity index (χ0n) is 9.01. The molecule has 0 radical (unpaired) electrons. The Hall–Kier alpha value is -2.37. The number of aryl methyl sites for hydroxylation is 1. The summed E-state index contributed by atoms with van der Waals surface area (Å²) in [7, 11) is 1.61. The molecule has 0 unspecified atom stereocenters. The number of aromatic nitrogens is 2. The van der Waals surface area contributed by atoms with Crippen LogP contribution < -0.4 is 5.32 Å². The van der Waals surface area contributed by atoms with Crippen molar-refractivity contribution in [2.24, 2.45) is 7.05 Å². The van der Waals surface area contributed by atoms with Gasteiger partial charge in [0.25, 0.3) is 5.91 Å². The number of hydrogen-bond donors (Lipinski definition) is 2. The SMILES string of the molecule is Cn1nccc1C(=O)Nc1ccc(O)cc1F. The highest BCUT2D eigenvalue weighted by Gasteiger charge is 2.12. The molecule has 0 atom stereocenters. The quantitative estimate of drug-likeness (QED) is 0.775. The van der Waals surface area contributed by atoms with Gasteiger partial charge < -0.3 is 10.4 Å². The molecule has 0 spiro atoms. The number of nitrogens with one attached hydrogen (secondary N) is 1. The van der Waals surface area contributed by atoms with E-state index in [1.54, 1.807) is 7.05 Å². The molecule has 1 aromatic carbocycles. The summed E-state index contributed by atoms with van der Waals surface area (Å²) in [5.74, 6) is -1.35. The lowest BCUT2D eigenvalue weighted by Gasteiger charge is -2.06. The zero-order chi connectivity index (χ0) is 12.4. The number of aromatic hydroxyl groups is 1. The van der Waals surface area contributed by atoms with Crippen LogP contribution in [0.25, 0.3) is 0 Å². The van der Waals surface area contributed by atoms with Crippen molar-refractivity contribution in [1.29, 1.82) is 0 Å². The Morgan fingerprint density at radius 2 is 2.24 bits per heavy atom. The van der Waals surface area contributed by atoms with Crippen molar-refractivity contribution in [2.75, 3.05) is 5.32 Å². The van der Waals surface area contributed by atoms with Crippen LogP contribution in [0.5, 0.6) is 5.75 Å². The van der Waals surface area contributed by atoms with Crippen LogP contribution in [-0.4, -0.2) is 20.8 Å². The number of halogens is 1. The number of anilines is 1. The second-order valence-electron chi connectivity index (χ2n) is 3.46. The van der Waals surface area contributed by atoms with Crippen molar-refractivity contribution in [3.05, 3.63) is 42.0 Å². The first kappa shape index (κ1) is 11.1. The molecule has 88 valence electrons. The van der Waals surface area contributed by atoms with E-state index in [0.29, 0.717) is 5.69 Å². The van der Waals surface area contributed by atoms with Gasteiger partial charge in [-0.1, -0.05) is 0 Å². The van der Waals surface area contributed by atoms with Gasteiger partial charge in [0, 0.05) is 19.3 Å². The monoisotopic (exact) mass is 235 g/mol. The first-order valence-electron chi connectivity index (χ1n) is 4.86. The van der Waals surface area contributed by atoms with Crippen molar-refractivity contribution >= 4 is 11.6 Å². The topological polar surface area (TPSA) is 67.2 Å². The second-order valence-corrected chi connectivity index (χ2v) is 3.46. The third-order valence-electron chi connectivity index (χ3n) is 2.25. The number of hydrogen-bond acceptors (Lipinski definition) is 3. The average Bonchev–Trinajstić information content (AvgIpc) is 2.68. The fraction of sp³-hybridized carbons (Fsp3) is 0.0909. The zero-order valence-corrected chi connectivity index (χ0v) is 9.01. The Morgan fingerprint density at radius 1 is 1.47 bits per heavy atom. The van der Waals surface area contributed by atoms with E-state index >= 15 is 0 Å². The molecule has 6 heteroatoms. The van der Waals surface area contributed by atoms with E-state index in [4.69, 9.17) is 5.11 Å². The number of carbonyl (C=O) groups is 1. The molecule has 0 fully saturated rings. The summed E-state index contributed by atoms with van der Waals surface area (Å²) in [5.41, 5.74) is 0.325. The predicted octanol–water partition coefficient (Wildman–Crippen LogP) is 1.52. The summed E-state index contributed by atoms with van der Waals surface area (Å²) in [6, 6.07) is 5.04. The molecule has 0 saturated carbocycles. The molecule has 1 aromatic heterocycles. The molecule has 1 heterocycles. The van der Waals surface area contributed by atoms with Crippen LogP contribution in [0, 0.1) is 5.82 Å². The molecular formula is C11H10FN3O2. The van der Waals surface area contributed by atoms with Gasteiger partial charge in [-0.2, -0.15) is 5.10 Å². The molecular weight excluding hydrogens is 225 g/mol. The Bertz CT molecular complexity index is 566. The smallest absolute Gasteiger partial charge is 0.273 e. The van der Waals surface area contributed by atoms with Gasteiger partial charge in [-0.15, -0.1) is 0 Å². The predicted molar refractivity (Wildman–Crippen MR) is 59.2 cm³/mol. The van der Waals surface area contributed by atoms with E-state index in [-0.39, 0.29) is 11.4 Å². The largest absolute Gasteiger partial charge is 0.508 e. The van der Waals surface area contributed by atoms with Crippen LogP contribution in [0.15, 0.2) is 30.5 Å². The molecule has 2 N–H and O–H groups in total. The van der Waals surface area contributed by atoms with Crippen molar-refractivity contribution < 1.29 is 14.3 Å². The van der Waals surface area contributed by atoms with E-state index in [2.05, 4.69) is 10.4 Å². The number of phenolic OH excluding ortho intramolecular Hbond substituents is 1. The van der Waals surface area contributed by atoms with Gasteiger partial charge in [-0.25, -0.2) is 4.39 Å². The summed E-state index contributed by atoms with van der Waals surface area (Å²) in [6.45, 7) is 0. The Morgan fingerprint density at radius 3 is 2.82 bits per heavy atom. The standard InChI is InChI=1S/C11H10FN3O2/c1-15-10(4-5-13-15)11(17)14-9-3-2-7(16)6-8(9)12/h2-6,16H,1H3,(H,14,17). The highest BCUT2D eigenvalue weighted by molar-refractivity contribution is 6.03. The van der Waals surface area contributed by atoms with Gasteiger partial charge in [0.2, 0.25) is 0 Å². The summed E-state index contributed by atoms with van der Waals surface area (Å²) < 4.78 is 14.7. The van der Waals surface area contributed by atoms with Crippen molar-refractivity contribution in [3.8, 4) is 5.75 Å². The lowest BCUT2D eigenvalue weighted by atomic mass is 10.2. The number of phenols is 1. The van der Waals surface area contributed by atoms with Crippen LogP contribution in [0.3, 0.4) is 0 Å². The Labute approximate surface area is 96.5 Å². The van der Waals surface area contributed by atoms with Gasteiger partial charge in [-0.3, -0.25) is 9.48 Å². The second kappa shape index (κ2) is 4.25. The average molecular weight is 235 g/mol. The number of carbonyl (C=O) groups excluding carboxylic acids is 1. The van der Waals surface area contributed by atoms with Gasteiger partial charge in [0.05, 0.1) is 5.69 Å². The first-order chi connectivity index (χ1) is 8.08.